The molecule has 0 saturated heterocycles. The van der Waals surface area contributed by atoms with Crippen LogP contribution >= 0.6 is 11.6 Å². The molecule has 0 aliphatic heterocycles. The first kappa shape index (κ1) is 22.6. The fourth-order valence-electron chi connectivity index (χ4n) is 4.52. The minimum Gasteiger partial charge on any atom is -0.334 e. The summed E-state index contributed by atoms with van der Waals surface area (Å²) in [5.74, 6) is 2.63. The van der Waals surface area contributed by atoms with Crippen LogP contribution in [-0.2, 0) is 19.8 Å². The smallest absolute Gasteiger partial charge is 0.251 e. The Hall–Kier alpha value is -4.14. The van der Waals surface area contributed by atoms with Crippen LogP contribution in [0.2, 0.25) is 5.02 Å². The molecule has 172 valence electrons. The maximum absolute atomic E-state index is 17.4. The number of rotatable bonds is 4. The number of hydrogen-bond donors (Lipinski definition) is 0. The fourth-order valence-corrected chi connectivity index (χ4v) is 4.65. The number of imidazole rings is 1. The quantitative estimate of drug-likeness (QED) is 0.303. The SMILES string of the molecule is C#Cc1cccc(-c2cc(=O)n(C)c3ccc([C@](F)(c4ccc(Cl)cc4)c4cncn4C)cc23)c1. The molecule has 0 aliphatic carbocycles. The van der Waals surface area contributed by atoms with Crippen molar-refractivity contribution in [3.05, 3.63) is 123 Å². The minimum atomic E-state index is -2.02. The lowest BCUT2D eigenvalue weighted by atomic mass is 9.84. The van der Waals surface area contributed by atoms with Crippen molar-refractivity contribution in [1.29, 1.82) is 0 Å². The van der Waals surface area contributed by atoms with Crippen molar-refractivity contribution in [2.24, 2.45) is 14.1 Å². The van der Waals surface area contributed by atoms with E-state index in [9.17, 15) is 4.79 Å². The lowest BCUT2D eigenvalue weighted by Crippen LogP contribution is -2.26. The number of hydrogen-bond acceptors (Lipinski definition) is 2. The summed E-state index contributed by atoms with van der Waals surface area (Å²) < 4.78 is 20.6. The predicted octanol–water partition coefficient (Wildman–Crippen LogP) is 5.84. The summed E-state index contributed by atoms with van der Waals surface area (Å²) >= 11 is 6.10. The average Bonchev–Trinajstić information content (AvgIpc) is 3.32. The third-order valence-electron chi connectivity index (χ3n) is 6.40. The molecule has 6 heteroatoms. The first-order valence-electron chi connectivity index (χ1n) is 11.0. The van der Waals surface area contributed by atoms with Crippen LogP contribution in [0, 0.1) is 12.3 Å². The average molecular weight is 482 g/mol. The van der Waals surface area contributed by atoms with E-state index in [4.69, 9.17) is 18.0 Å². The second-order valence-corrected chi connectivity index (χ2v) is 8.90. The topological polar surface area (TPSA) is 39.8 Å². The van der Waals surface area contributed by atoms with Crippen molar-refractivity contribution in [3.8, 4) is 23.5 Å². The van der Waals surface area contributed by atoms with Crippen LogP contribution in [-0.4, -0.2) is 14.1 Å². The lowest BCUT2D eigenvalue weighted by molar-refractivity contribution is 0.267. The maximum atomic E-state index is 17.4. The number of halogens is 2. The zero-order valence-electron chi connectivity index (χ0n) is 19.2. The Bertz CT molecular complexity index is 1680. The largest absolute Gasteiger partial charge is 0.334 e. The zero-order chi connectivity index (χ0) is 24.7. The number of benzene rings is 3. The van der Waals surface area contributed by atoms with E-state index >= 15 is 4.39 Å². The van der Waals surface area contributed by atoms with Crippen LogP contribution in [0.15, 0.2) is 90.1 Å². The summed E-state index contributed by atoms with van der Waals surface area (Å²) in [6.07, 6.45) is 8.70. The van der Waals surface area contributed by atoms with Gasteiger partial charge in [-0.15, -0.1) is 6.42 Å². The van der Waals surface area contributed by atoms with Crippen LogP contribution in [0.5, 0.6) is 0 Å². The molecule has 5 rings (SSSR count). The highest BCUT2D eigenvalue weighted by Crippen LogP contribution is 2.42. The molecule has 0 N–H and O–H groups in total. The summed E-state index contributed by atoms with van der Waals surface area (Å²) in [5.41, 5.74) is 1.88. The Kier molecular flexibility index (Phi) is 5.55. The summed E-state index contributed by atoms with van der Waals surface area (Å²) in [6.45, 7) is 0. The van der Waals surface area contributed by atoms with Crippen molar-refractivity contribution in [1.82, 2.24) is 14.1 Å². The molecule has 4 nitrogen and oxygen atoms in total. The monoisotopic (exact) mass is 481 g/mol. The van der Waals surface area contributed by atoms with Gasteiger partial charge in [0.25, 0.3) is 5.56 Å². The number of nitrogens with zero attached hydrogens (tertiary/aromatic N) is 3. The van der Waals surface area contributed by atoms with Crippen LogP contribution < -0.4 is 5.56 Å². The van der Waals surface area contributed by atoms with Crippen LogP contribution in [0.1, 0.15) is 22.4 Å². The molecule has 0 bridgehead atoms. The maximum Gasteiger partial charge on any atom is 0.251 e. The zero-order valence-corrected chi connectivity index (χ0v) is 19.9. The van der Waals surface area contributed by atoms with Gasteiger partial charge in [-0.05, 0) is 53.1 Å². The second-order valence-electron chi connectivity index (χ2n) is 8.47. The Morgan fingerprint density at radius 3 is 2.43 bits per heavy atom. The van der Waals surface area contributed by atoms with E-state index in [1.165, 1.54) is 6.20 Å². The van der Waals surface area contributed by atoms with E-state index in [-0.39, 0.29) is 5.56 Å². The molecule has 0 unspecified atom stereocenters. The number of fused-ring (bicyclic) bond motifs is 1. The van der Waals surface area contributed by atoms with Gasteiger partial charge in [0.15, 0.2) is 0 Å². The van der Waals surface area contributed by atoms with Crippen LogP contribution in [0.4, 0.5) is 4.39 Å². The van der Waals surface area contributed by atoms with Crippen LogP contribution in [0.25, 0.3) is 22.0 Å². The molecule has 35 heavy (non-hydrogen) atoms. The fraction of sp³-hybridized carbons (Fsp3) is 0.103. The normalized spacial score (nSPS) is 12.9. The Balaban J connectivity index is 1.84. The molecule has 0 fully saturated rings. The van der Waals surface area contributed by atoms with Gasteiger partial charge in [0.05, 0.1) is 23.7 Å². The van der Waals surface area contributed by atoms with E-state index in [0.717, 1.165) is 10.9 Å². The third kappa shape index (κ3) is 3.73. The minimum absolute atomic E-state index is 0.165. The van der Waals surface area contributed by atoms with Gasteiger partial charge in [-0.2, -0.15) is 0 Å². The van der Waals surface area contributed by atoms with Crippen molar-refractivity contribution >= 4 is 22.5 Å². The first-order valence-corrected chi connectivity index (χ1v) is 11.3. The summed E-state index contributed by atoms with van der Waals surface area (Å²) in [7, 11) is 3.46. The molecule has 3 aromatic carbocycles. The van der Waals surface area contributed by atoms with Gasteiger partial charge in [0.1, 0.15) is 0 Å². The van der Waals surface area contributed by atoms with E-state index in [0.29, 0.717) is 38.5 Å². The molecule has 0 radical (unpaired) electrons. The molecule has 5 aromatic rings. The van der Waals surface area contributed by atoms with Crippen LogP contribution in [0.3, 0.4) is 0 Å². The number of aryl methyl sites for hydroxylation is 2. The standard InChI is InChI=1S/C29H21ClFN3O/c1-4-19-6-5-7-20(14-19)24-16-28(35)34(3)26-13-10-22(15-25(24)26)29(31,27-17-32-18-33(27)2)21-8-11-23(30)12-9-21/h1,5-18H,2-3H3/t29-/m1/s1. The Labute approximate surface area is 207 Å². The molecule has 0 aliphatic rings. The number of aromatic nitrogens is 3. The predicted molar refractivity (Wildman–Crippen MR) is 138 cm³/mol. The summed E-state index contributed by atoms with van der Waals surface area (Å²) in [4.78, 5) is 16.9. The highest BCUT2D eigenvalue weighted by molar-refractivity contribution is 6.30. The molecular weight excluding hydrogens is 461 g/mol. The second kappa shape index (κ2) is 8.57. The Morgan fingerprint density at radius 2 is 1.74 bits per heavy atom. The van der Waals surface area contributed by atoms with Gasteiger partial charge in [-0.25, -0.2) is 9.37 Å². The first-order chi connectivity index (χ1) is 16.8. The Morgan fingerprint density at radius 1 is 1.00 bits per heavy atom. The molecule has 1 atom stereocenters. The van der Waals surface area contributed by atoms with Gasteiger partial charge in [0, 0.05) is 41.7 Å². The van der Waals surface area contributed by atoms with Gasteiger partial charge in [-0.1, -0.05) is 47.9 Å². The molecule has 0 saturated carbocycles. The molecule has 0 spiro atoms. The van der Waals surface area contributed by atoms with E-state index in [1.54, 1.807) is 78.1 Å². The lowest BCUT2D eigenvalue weighted by Gasteiger charge is -2.28. The summed E-state index contributed by atoms with van der Waals surface area (Å²) in [5, 5.41) is 1.25. The van der Waals surface area contributed by atoms with Crippen molar-refractivity contribution in [2.75, 3.05) is 0 Å². The van der Waals surface area contributed by atoms with Gasteiger partial charge in [0.2, 0.25) is 5.67 Å². The van der Waals surface area contributed by atoms with E-state index < -0.39 is 5.67 Å². The molecule has 0 amide bonds. The van der Waals surface area contributed by atoms with Crippen molar-refractivity contribution < 1.29 is 4.39 Å². The van der Waals surface area contributed by atoms with Gasteiger partial charge < -0.3 is 9.13 Å². The van der Waals surface area contributed by atoms with E-state index in [2.05, 4.69) is 10.9 Å². The van der Waals surface area contributed by atoms with Gasteiger partial charge >= 0.3 is 0 Å². The third-order valence-corrected chi connectivity index (χ3v) is 6.65. The highest BCUT2D eigenvalue weighted by atomic mass is 35.5. The number of terminal acetylenes is 1. The number of pyridine rings is 1. The number of alkyl halides is 1. The summed E-state index contributed by atoms with van der Waals surface area (Å²) in [6, 6.07) is 21.0. The van der Waals surface area contributed by atoms with Crippen molar-refractivity contribution in [2.45, 2.75) is 5.67 Å². The van der Waals surface area contributed by atoms with Gasteiger partial charge in [-0.3, -0.25) is 4.79 Å². The van der Waals surface area contributed by atoms with E-state index in [1.807, 2.05) is 24.3 Å². The molecule has 2 aromatic heterocycles. The molecule has 2 heterocycles. The molecular formula is C29H21ClFN3O. The van der Waals surface area contributed by atoms with Crippen molar-refractivity contribution in [3.63, 3.8) is 0 Å². The highest BCUT2D eigenvalue weighted by Gasteiger charge is 2.39.